The summed E-state index contributed by atoms with van der Waals surface area (Å²) in [4.78, 5) is 22.8. The van der Waals surface area contributed by atoms with Crippen LogP contribution in [0.2, 0.25) is 0 Å². The second kappa shape index (κ2) is 6.54. The lowest BCUT2D eigenvalue weighted by Gasteiger charge is -2.50. The van der Waals surface area contributed by atoms with Gasteiger partial charge in [-0.3, -0.25) is 9.59 Å². The van der Waals surface area contributed by atoms with E-state index >= 15 is 0 Å². The molecule has 0 spiro atoms. The molecule has 5 atom stereocenters. The van der Waals surface area contributed by atoms with Crippen LogP contribution in [0.5, 0.6) is 11.5 Å². The van der Waals surface area contributed by atoms with Crippen LogP contribution in [0.3, 0.4) is 0 Å². The van der Waals surface area contributed by atoms with E-state index < -0.39 is 5.97 Å². The fraction of sp³-hybridized carbons (Fsp3) is 0.636. The number of carbonyl (C=O) groups is 2. The zero-order valence-corrected chi connectivity index (χ0v) is 16.3. The Morgan fingerprint density at radius 3 is 2.59 bits per heavy atom. The molecule has 0 unspecified atom stereocenters. The SMILES string of the molecule is CC(=O)Oc1ccc2c(c1O)CC[C@@H]1[C@@H]2CC[C@]2(C)[C@@H](OC(C)=O)CC[C@@H]12. The molecule has 4 rings (SSSR count). The molecule has 3 aliphatic carbocycles. The van der Waals surface area contributed by atoms with Crippen molar-refractivity contribution in [3.05, 3.63) is 23.3 Å². The van der Waals surface area contributed by atoms with Crippen molar-refractivity contribution in [1.82, 2.24) is 0 Å². The summed E-state index contributed by atoms with van der Waals surface area (Å²) in [5, 5.41) is 10.6. The molecular weight excluding hydrogens is 344 g/mol. The van der Waals surface area contributed by atoms with Gasteiger partial charge in [0.2, 0.25) is 0 Å². The van der Waals surface area contributed by atoms with E-state index in [0.29, 0.717) is 17.8 Å². The first-order valence-corrected chi connectivity index (χ1v) is 10.0. The molecule has 0 radical (unpaired) electrons. The van der Waals surface area contributed by atoms with Crippen LogP contribution in [0.1, 0.15) is 69.9 Å². The summed E-state index contributed by atoms with van der Waals surface area (Å²) in [5.41, 5.74) is 2.20. The normalized spacial score (nSPS) is 34.2. The third kappa shape index (κ3) is 2.91. The van der Waals surface area contributed by atoms with E-state index in [1.165, 1.54) is 19.4 Å². The van der Waals surface area contributed by atoms with Gasteiger partial charge in [-0.05, 0) is 67.9 Å². The number of hydrogen-bond donors (Lipinski definition) is 1. The van der Waals surface area contributed by atoms with Crippen molar-refractivity contribution in [2.75, 3.05) is 0 Å². The molecule has 5 nitrogen and oxygen atoms in total. The lowest BCUT2D eigenvalue weighted by molar-refractivity contribution is -0.154. The number of aromatic hydroxyl groups is 1. The molecule has 0 heterocycles. The number of ether oxygens (including phenoxy) is 2. The number of phenolic OH excluding ortho intramolecular Hbond substituents is 1. The van der Waals surface area contributed by atoms with Gasteiger partial charge in [0, 0.05) is 24.8 Å². The summed E-state index contributed by atoms with van der Waals surface area (Å²) in [5.74, 6) is 1.30. The number of carbonyl (C=O) groups excluding carboxylic acids is 2. The van der Waals surface area contributed by atoms with Crippen LogP contribution in [0.25, 0.3) is 0 Å². The van der Waals surface area contributed by atoms with E-state index in [-0.39, 0.29) is 29.0 Å². The Bertz CT molecular complexity index is 785. The van der Waals surface area contributed by atoms with Crippen LogP contribution in [-0.4, -0.2) is 23.1 Å². The summed E-state index contributed by atoms with van der Waals surface area (Å²) in [6, 6.07) is 3.76. The van der Waals surface area contributed by atoms with E-state index in [1.54, 1.807) is 6.07 Å². The molecule has 146 valence electrons. The standard InChI is InChI=1S/C22H28O5/c1-12(23)26-19-8-6-14-15-10-11-22(3)18(7-9-20(22)27-13(2)24)16(15)4-5-17(14)21(19)25/h6,8,15-16,18,20,25H,4-5,7,9-11H2,1-3H3/t15-,16-,18+,20+,22+/m1/s1. The Morgan fingerprint density at radius 1 is 1.11 bits per heavy atom. The number of benzene rings is 1. The number of hydrogen-bond acceptors (Lipinski definition) is 5. The molecule has 0 amide bonds. The maximum Gasteiger partial charge on any atom is 0.308 e. The average molecular weight is 372 g/mol. The molecule has 5 heteroatoms. The van der Waals surface area contributed by atoms with Crippen LogP contribution in [0, 0.1) is 17.3 Å². The van der Waals surface area contributed by atoms with Crippen molar-refractivity contribution in [2.45, 2.75) is 71.3 Å². The summed E-state index contributed by atoms with van der Waals surface area (Å²) >= 11 is 0. The minimum atomic E-state index is -0.421. The zero-order chi connectivity index (χ0) is 19.3. The lowest BCUT2D eigenvalue weighted by Crippen LogP contribution is -2.45. The monoisotopic (exact) mass is 372 g/mol. The molecule has 0 saturated heterocycles. The zero-order valence-electron chi connectivity index (χ0n) is 16.3. The summed E-state index contributed by atoms with van der Waals surface area (Å²) in [7, 11) is 0. The van der Waals surface area contributed by atoms with Gasteiger partial charge in [-0.2, -0.15) is 0 Å². The molecular formula is C22H28O5. The maximum absolute atomic E-state index is 11.5. The number of rotatable bonds is 2. The molecule has 3 aliphatic rings. The summed E-state index contributed by atoms with van der Waals surface area (Å²) < 4.78 is 10.8. The molecule has 1 aromatic carbocycles. The van der Waals surface area contributed by atoms with Crippen molar-refractivity contribution in [2.24, 2.45) is 17.3 Å². The predicted octanol–water partition coefficient (Wildman–Crippen LogP) is 4.11. The highest BCUT2D eigenvalue weighted by molar-refractivity contribution is 5.71. The Kier molecular flexibility index (Phi) is 4.44. The lowest BCUT2D eigenvalue weighted by atomic mass is 9.55. The molecule has 27 heavy (non-hydrogen) atoms. The average Bonchev–Trinajstić information content (AvgIpc) is 2.93. The summed E-state index contributed by atoms with van der Waals surface area (Å²) in [6.07, 6.45) is 5.96. The fourth-order valence-corrected chi connectivity index (χ4v) is 6.21. The molecule has 2 saturated carbocycles. The van der Waals surface area contributed by atoms with Crippen LogP contribution in [0.4, 0.5) is 0 Å². The van der Waals surface area contributed by atoms with Crippen LogP contribution in [0.15, 0.2) is 12.1 Å². The highest BCUT2D eigenvalue weighted by Gasteiger charge is 2.56. The molecule has 0 aliphatic heterocycles. The molecule has 0 aromatic heterocycles. The second-order valence-electron chi connectivity index (χ2n) is 8.71. The third-order valence-corrected chi connectivity index (χ3v) is 7.32. The van der Waals surface area contributed by atoms with Crippen molar-refractivity contribution < 1.29 is 24.2 Å². The van der Waals surface area contributed by atoms with Crippen molar-refractivity contribution in [3.63, 3.8) is 0 Å². The Balaban J connectivity index is 1.62. The minimum absolute atomic E-state index is 0.0297. The fourth-order valence-electron chi connectivity index (χ4n) is 6.21. The summed E-state index contributed by atoms with van der Waals surface area (Å²) in [6.45, 7) is 5.14. The largest absolute Gasteiger partial charge is 0.504 e. The molecule has 1 N–H and O–H groups in total. The first-order chi connectivity index (χ1) is 12.8. The van der Waals surface area contributed by atoms with E-state index in [4.69, 9.17) is 9.47 Å². The van der Waals surface area contributed by atoms with Crippen LogP contribution >= 0.6 is 0 Å². The van der Waals surface area contributed by atoms with Gasteiger partial charge in [-0.1, -0.05) is 13.0 Å². The number of fused-ring (bicyclic) bond motifs is 5. The van der Waals surface area contributed by atoms with E-state index in [2.05, 4.69) is 6.92 Å². The predicted molar refractivity (Wildman–Crippen MR) is 99.6 cm³/mol. The number of esters is 2. The van der Waals surface area contributed by atoms with Gasteiger partial charge >= 0.3 is 11.9 Å². The van der Waals surface area contributed by atoms with Gasteiger partial charge in [0.1, 0.15) is 6.10 Å². The van der Waals surface area contributed by atoms with Crippen LogP contribution < -0.4 is 4.74 Å². The third-order valence-electron chi connectivity index (χ3n) is 7.32. The molecule has 2 fully saturated rings. The Hall–Kier alpha value is -2.04. The van der Waals surface area contributed by atoms with E-state index in [9.17, 15) is 14.7 Å². The first-order valence-electron chi connectivity index (χ1n) is 10.0. The van der Waals surface area contributed by atoms with Crippen molar-refractivity contribution in [3.8, 4) is 11.5 Å². The molecule has 1 aromatic rings. The van der Waals surface area contributed by atoms with Gasteiger partial charge < -0.3 is 14.6 Å². The van der Waals surface area contributed by atoms with Crippen molar-refractivity contribution in [1.29, 1.82) is 0 Å². The Morgan fingerprint density at radius 2 is 1.89 bits per heavy atom. The van der Waals surface area contributed by atoms with E-state index in [0.717, 1.165) is 44.1 Å². The first kappa shape index (κ1) is 18.3. The van der Waals surface area contributed by atoms with Gasteiger partial charge in [0.05, 0.1) is 0 Å². The second-order valence-corrected chi connectivity index (χ2v) is 8.71. The minimum Gasteiger partial charge on any atom is -0.504 e. The highest BCUT2D eigenvalue weighted by Crippen LogP contribution is 2.62. The maximum atomic E-state index is 11.5. The van der Waals surface area contributed by atoms with E-state index in [1.807, 2.05) is 6.07 Å². The van der Waals surface area contributed by atoms with Gasteiger partial charge in [0.25, 0.3) is 0 Å². The Labute approximate surface area is 160 Å². The molecule has 0 bridgehead atoms. The van der Waals surface area contributed by atoms with Crippen LogP contribution in [-0.2, 0) is 20.7 Å². The van der Waals surface area contributed by atoms with Crippen molar-refractivity contribution >= 4 is 11.9 Å². The van der Waals surface area contributed by atoms with Gasteiger partial charge in [-0.25, -0.2) is 0 Å². The highest BCUT2D eigenvalue weighted by atomic mass is 16.5. The van der Waals surface area contributed by atoms with Gasteiger partial charge in [-0.15, -0.1) is 0 Å². The quantitative estimate of drug-likeness (QED) is 0.625. The van der Waals surface area contributed by atoms with Gasteiger partial charge in [0.15, 0.2) is 11.5 Å². The smallest absolute Gasteiger partial charge is 0.308 e. The topological polar surface area (TPSA) is 72.8 Å². The number of phenols is 1.